The quantitative estimate of drug-likeness (QED) is 0.896. The zero-order valence-electron chi connectivity index (χ0n) is 11.7. The van der Waals surface area contributed by atoms with E-state index in [1.807, 2.05) is 42.3 Å². The van der Waals surface area contributed by atoms with Crippen LogP contribution >= 0.6 is 0 Å². The number of amides is 1. The van der Waals surface area contributed by atoms with E-state index in [1.54, 1.807) is 0 Å². The van der Waals surface area contributed by atoms with Gasteiger partial charge in [-0.05, 0) is 45.5 Å². The monoisotopic (exact) mass is 261 g/mol. The van der Waals surface area contributed by atoms with Crippen LogP contribution in [0.25, 0.3) is 0 Å². The molecule has 0 spiro atoms. The van der Waals surface area contributed by atoms with Crippen molar-refractivity contribution in [1.29, 1.82) is 0 Å². The molecule has 1 aromatic rings. The Morgan fingerprint density at radius 1 is 1.32 bits per heavy atom. The van der Waals surface area contributed by atoms with Crippen LogP contribution in [0.1, 0.15) is 19.8 Å². The summed E-state index contributed by atoms with van der Waals surface area (Å²) in [6.07, 6.45) is 1.70. The molecule has 2 rings (SSSR count). The molecule has 19 heavy (non-hydrogen) atoms. The summed E-state index contributed by atoms with van der Waals surface area (Å²) in [6.45, 7) is 3.48. The minimum absolute atomic E-state index is 0.109. The van der Waals surface area contributed by atoms with Gasteiger partial charge in [0.25, 0.3) is 0 Å². The topological polar surface area (TPSA) is 49.6 Å². The Kier molecular flexibility index (Phi) is 4.56. The summed E-state index contributed by atoms with van der Waals surface area (Å²) in [5, 5.41) is 0. The van der Waals surface area contributed by atoms with Crippen LogP contribution in [-0.2, 0) is 4.79 Å². The first-order valence-electron chi connectivity index (χ1n) is 6.93. The molecule has 1 amide bonds. The molecule has 104 valence electrons. The third kappa shape index (κ3) is 2.96. The molecule has 1 aliphatic heterocycles. The molecule has 1 heterocycles. The number of nitrogens with two attached hydrogens (primary N) is 1. The van der Waals surface area contributed by atoms with Crippen LogP contribution in [0.15, 0.2) is 30.3 Å². The first-order chi connectivity index (χ1) is 9.15. The maximum absolute atomic E-state index is 12.7. The highest BCUT2D eigenvalue weighted by atomic mass is 16.2. The minimum Gasteiger partial charge on any atom is -0.330 e. The van der Waals surface area contributed by atoms with Crippen molar-refractivity contribution in [2.45, 2.75) is 31.8 Å². The third-order valence-corrected chi connectivity index (χ3v) is 4.02. The highest BCUT2D eigenvalue weighted by Gasteiger charge is 2.33. The van der Waals surface area contributed by atoms with E-state index in [2.05, 4.69) is 11.8 Å². The Morgan fingerprint density at radius 3 is 2.63 bits per heavy atom. The normalized spacial score (nSPS) is 25.4. The van der Waals surface area contributed by atoms with Gasteiger partial charge in [0.15, 0.2) is 0 Å². The summed E-state index contributed by atoms with van der Waals surface area (Å²) in [5.74, 6) is 0.170. The van der Waals surface area contributed by atoms with E-state index in [0.717, 1.165) is 18.7 Å². The van der Waals surface area contributed by atoms with E-state index in [1.165, 1.54) is 0 Å². The molecule has 1 saturated heterocycles. The summed E-state index contributed by atoms with van der Waals surface area (Å²) in [6, 6.07) is 10.2. The molecule has 1 fully saturated rings. The zero-order chi connectivity index (χ0) is 13.8. The van der Waals surface area contributed by atoms with Gasteiger partial charge in [-0.1, -0.05) is 18.2 Å². The molecule has 4 nitrogen and oxygen atoms in total. The number of para-hydroxylation sites is 1. The number of hydrogen-bond acceptors (Lipinski definition) is 3. The summed E-state index contributed by atoms with van der Waals surface area (Å²) in [7, 11) is 2.03. The second kappa shape index (κ2) is 6.17. The molecular weight excluding hydrogens is 238 g/mol. The predicted octanol–water partition coefficient (Wildman–Crippen LogP) is 1.46. The zero-order valence-corrected chi connectivity index (χ0v) is 11.7. The van der Waals surface area contributed by atoms with E-state index < -0.39 is 0 Å². The number of rotatable bonds is 3. The van der Waals surface area contributed by atoms with Crippen molar-refractivity contribution >= 4 is 11.6 Å². The van der Waals surface area contributed by atoms with Crippen molar-refractivity contribution in [3.63, 3.8) is 0 Å². The fourth-order valence-electron chi connectivity index (χ4n) is 2.64. The van der Waals surface area contributed by atoms with Crippen LogP contribution in [0.4, 0.5) is 5.69 Å². The third-order valence-electron chi connectivity index (χ3n) is 4.02. The molecule has 0 aliphatic carbocycles. The fourth-order valence-corrected chi connectivity index (χ4v) is 2.64. The smallest absolute Gasteiger partial charge is 0.244 e. The second-order valence-corrected chi connectivity index (χ2v) is 5.22. The first kappa shape index (κ1) is 14.0. The Balaban J connectivity index is 2.28. The second-order valence-electron chi connectivity index (χ2n) is 5.22. The molecule has 1 aromatic carbocycles. The van der Waals surface area contributed by atoms with Gasteiger partial charge in [0.05, 0.1) is 6.04 Å². The summed E-state index contributed by atoms with van der Waals surface area (Å²) >= 11 is 0. The molecular formula is C15H23N3O. The highest BCUT2D eigenvalue weighted by Crippen LogP contribution is 2.23. The lowest BCUT2D eigenvalue weighted by atomic mass is 10.1. The van der Waals surface area contributed by atoms with Crippen LogP contribution in [0.5, 0.6) is 0 Å². The maximum Gasteiger partial charge on any atom is 0.244 e. The number of carbonyl (C=O) groups is 1. The van der Waals surface area contributed by atoms with Gasteiger partial charge in [0.1, 0.15) is 0 Å². The lowest BCUT2D eigenvalue weighted by Gasteiger charge is -2.30. The number of benzene rings is 1. The van der Waals surface area contributed by atoms with Gasteiger partial charge >= 0.3 is 0 Å². The summed E-state index contributed by atoms with van der Waals surface area (Å²) < 4.78 is 0. The van der Waals surface area contributed by atoms with E-state index in [-0.39, 0.29) is 11.9 Å². The highest BCUT2D eigenvalue weighted by molar-refractivity contribution is 5.97. The largest absolute Gasteiger partial charge is 0.330 e. The molecule has 0 aromatic heterocycles. The van der Waals surface area contributed by atoms with Crippen LogP contribution in [0, 0.1) is 0 Å². The van der Waals surface area contributed by atoms with Crippen molar-refractivity contribution < 1.29 is 4.79 Å². The molecule has 2 N–H and O–H groups in total. The SMILES string of the molecule is CC1CCN(c2ccccc2)C(=O)C(CCN)N1C. The van der Waals surface area contributed by atoms with Crippen molar-refractivity contribution in [1.82, 2.24) is 4.90 Å². The summed E-state index contributed by atoms with van der Waals surface area (Å²) in [4.78, 5) is 16.8. The molecule has 0 radical (unpaired) electrons. The Bertz CT molecular complexity index is 421. The molecule has 0 saturated carbocycles. The van der Waals surface area contributed by atoms with Crippen LogP contribution < -0.4 is 10.6 Å². The number of likely N-dealkylation sites (N-methyl/N-ethyl adjacent to an activating group) is 1. The van der Waals surface area contributed by atoms with Crippen molar-refractivity contribution in [3.8, 4) is 0 Å². The van der Waals surface area contributed by atoms with E-state index in [9.17, 15) is 4.79 Å². The molecule has 2 atom stereocenters. The van der Waals surface area contributed by atoms with Gasteiger partial charge in [0, 0.05) is 18.3 Å². The Labute approximate surface area is 115 Å². The molecule has 4 heteroatoms. The van der Waals surface area contributed by atoms with Crippen molar-refractivity contribution in [3.05, 3.63) is 30.3 Å². The van der Waals surface area contributed by atoms with Crippen LogP contribution in [-0.4, -0.2) is 43.0 Å². The van der Waals surface area contributed by atoms with Gasteiger partial charge in [-0.2, -0.15) is 0 Å². The van der Waals surface area contributed by atoms with Crippen molar-refractivity contribution in [2.75, 3.05) is 25.0 Å². The van der Waals surface area contributed by atoms with Crippen LogP contribution in [0.2, 0.25) is 0 Å². The molecule has 0 bridgehead atoms. The van der Waals surface area contributed by atoms with E-state index in [4.69, 9.17) is 5.73 Å². The number of carbonyl (C=O) groups excluding carboxylic acids is 1. The van der Waals surface area contributed by atoms with Gasteiger partial charge < -0.3 is 10.6 Å². The van der Waals surface area contributed by atoms with Gasteiger partial charge in [0.2, 0.25) is 5.91 Å². The van der Waals surface area contributed by atoms with Gasteiger partial charge in [-0.25, -0.2) is 0 Å². The van der Waals surface area contributed by atoms with E-state index >= 15 is 0 Å². The number of nitrogens with zero attached hydrogens (tertiary/aromatic N) is 2. The predicted molar refractivity (Wildman–Crippen MR) is 78.1 cm³/mol. The van der Waals surface area contributed by atoms with E-state index in [0.29, 0.717) is 19.0 Å². The lowest BCUT2D eigenvalue weighted by molar-refractivity contribution is -0.123. The minimum atomic E-state index is -0.109. The lowest BCUT2D eigenvalue weighted by Crippen LogP contribution is -2.47. The average Bonchev–Trinajstić information content (AvgIpc) is 2.53. The van der Waals surface area contributed by atoms with Gasteiger partial charge in [-0.3, -0.25) is 9.69 Å². The number of hydrogen-bond donors (Lipinski definition) is 1. The molecule has 1 aliphatic rings. The van der Waals surface area contributed by atoms with Gasteiger partial charge in [-0.15, -0.1) is 0 Å². The Hall–Kier alpha value is -1.39. The Morgan fingerprint density at radius 2 is 2.00 bits per heavy atom. The molecule has 2 unspecified atom stereocenters. The summed E-state index contributed by atoms with van der Waals surface area (Å²) in [5.41, 5.74) is 6.65. The maximum atomic E-state index is 12.7. The first-order valence-corrected chi connectivity index (χ1v) is 6.93. The fraction of sp³-hybridized carbons (Fsp3) is 0.533. The standard InChI is InChI=1S/C15H23N3O/c1-12-9-11-18(13-6-4-3-5-7-13)15(19)14(8-10-16)17(12)2/h3-7,12,14H,8-11,16H2,1-2H3. The number of anilines is 1. The van der Waals surface area contributed by atoms with Crippen LogP contribution in [0.3, 0.4) is 0 Å². The average molecular weight is 261 g/mol. The van der Waals surface area contributed by atoms with Crippen molar-refractivity contribution in [2.24, 2.45) is 5.73 Å².